The minimum absolute atomic E-state index is 0.0232. The van der Waals surface area contributed by atoms with E-state index in [4.69, 9.17) is 4.74 Å². The van der Waals surface area contributed by atoms with E-state index in [1.54, 1.807) is 6.07 Å². The fourth-order valence-electron chi connectivity index (χ4n) is 1.03. The summed E-state index contributed by atoms with van der Waals surface area (Å²) in [4.78, 5) is 10.8. The molecule has 1 aromatic rings. The summed E-state index contributed by atoms with van der Waals surface area (Å²) in [6.07, 6.45) is 0. The Bertz CT molecular complexity index is 337. The van der Waals surface area contributed by atoms with Crippen molar-refractivity contribution in [1.82, 2.24) is 5.32 Å². The van der Waals surface area contributed by atoms with Crippen molar-refractivity contribution in [3.8, 4) is 0 Å². The molecule has 0 saturated carbocycles. The monoisotopic (exact) mass is 275 g/mol. The second-order valence-electron chi connectivity index (χ2n) is 2.94. The molecule has 0 saturated heterocycles. The number of likely N-dealkylation sites (N-methyl/N-ethyl adjacent to an activating group) is 1. The lowest BCUT2D eigenvalue weighted by atomic mass is 10.2. The zero-order valence-electron chi connectivity index (χ0n) is 8.22. The van der Waals surface area contributed by atoms with Crippen LogP contribution in [0.15, 0.2) is 22.7 Å². The molecule has 0 aromatic heterocycles. The third-order valence-electron chi connectivity index (χ3n) is 1.70. The van der Waals surface area contributed by atoms with E-state index in [-0.39, 0.29) is 24.9 Å². The topological polar surface area (TPSA) is 38.3 Å². The number of ether oxygens (including phenoxy) is 1. The minimum atomic E-state index is -0.331. The number of carbonyl (C=O) groups excluding carboxylic acids is 1. The highest BCUT2D eigenvalue weighted by atomic mass is 79.9. The van der Waals surface area contributed by atoms with Gasteiger partial charge in [0.15, 0.2) is 0 Å². The number of halogens is 2. The molecule has 3 nitrogen and oxygen atoms in total. The van der Waals surface area contributed by atoms with E-state index in [0.717, 1.165) is 0 Å². The number of benzene rings is 1. The molecule has 1 amide bonds. The highest BCUT2D eigenvalue weighted by Gasteiger charge is 2.01. The van der Waals surface area contributed by atoms with Gasteiger partial charge in [-0.15, -0.1) is 0 Å². The van der Waals surface area contributed by atoms with E-state index in [1.165, 1.54) is 19.2 Å². The Kier molecular flexibility index (Phi) is 4.71. The zero-order valence-corrected chi connectivity index (χ0v) is 9.80. The van der Waals surface area contributed by atoms with Gasteiger partial charge in [0.25, 0.3) is 0 Å². The Morgan fingerprint density at radius 1 is 1.53 bits per heavy atom. The van der Waals surface area contributed by atoms with Crippen molar-refractivity contribution in [2.24, 2.45) is 0 Å². The zero-order chi connectivity index (χ0) is 11.3. The van der Waals surface area contributed by atoms with Crippen LogP contribution in [0.4, 0.5) is 4.39 Å². The van der Waals surface area contributed by atoms with Gasteiger partial charge in [-0.1, -0.05) is 15.9 Å². The Balaban J connectivity index is 2.47. The van der Waals surface area contributed by atoms with Crippen LogP contribution in [0, 0.1) is 5.82 Å². The maximum absolute atomic E-state index is 12.9. The molecule has 5 heteroatoms. The fraction of sp³-hybridized carbons (Fsp3) is 0.300. The molecule has 1 rings (SSSR count). The van der Waals surface area contributed by atoms with Gasteiger partial charge in [-0.2, -0.15) is 0 Å². The molecule has 0 bridgehead atoms. The van der Waals surface area contributed by atoms with Crippen LogP contribution in [-0.4, -0.2) is 19.6 Å². The smallest absolute Gasteiger partial charge is 0.245 e. The summed E-state index contributed by atoms with van der Waals surface area (Å²) in [5, 5.41) is 2.43. The summed E-state index contributed by atoms with van der Waals surface area (Å²) in [5.74, 6) is -0.534. The van der Waals surface area contributed by atoms with Gasteiger partial charge in [0.1, 0.15) is 12.4 Å². The molecular weight excluding hydrogens is 265 g/mol. The molecule has 82 valence electrons. The Morgan fingerprint density at radius 3 is 2.87 bits per heavy atom. The van der Waals surface area contributed by atoms with E-state index >= 15 is 0 Å². The number of amides is 1. The van der Waals surface area contributed by atoms with Crippen LogP contribution in [0.1, 0.15) is 5.56 Å². The first-order chi connectivity index (χ1) is 7.11. The van der Waals surface area contributed by atoms with Crippen LogP contribution in [0.25, 0.3) is 0 Å². The van der Waals surface area contributed by atoms with Crippen LogP contribution < -0.4 is 5.32 Å². The second-order valence-corrected chi connectivity index (χ2v) is 3.86. The quantitative estimate of drug-likeness (QED) is 0.911. The highest BCUT2D eigenvalue weighted by molar-refractivity contribution is 9.10. The van der Waals surface area contributed by atoms with Crippen LogP contribution in [0.2, 0.25) is 0 Å². The van der Waals surface area contributed by atoms with E-state index < -0.39 is 0 Å². The number of rotatable bonds is 4. The predicted molar refractivity (Wildman–Crippen MR) is 57.8 cm³/mol. The first-order valence-corrected chi connectivity index (χ1v) is 5.14. The van der Waals surface area contributed by atoms with Gasteiger partial charge in [-0.3, -0.25) is 4.79 Å². The Morgan fingerprint density at radius 2 is 2.27 bits per heavy atom. The van der Waals surface area contributed by atoms with Crippen molar-refractivity contribution in [3.05, 3.63) is 34.1 Å². The van der Waals surface area contributed by atoms with Crippen LogP contribution in [-0.2, 0) is 16.1 Å². The summed E-state index contributed by atoms with van der Waals surface area (Å²) in [7, 11) is 1.53. The van der Waals surface area contributed by atoms with Gasteiger partial charge in [-0.05, 0) is 23.8 Å². The molecule has 0 radical (unpaired) electrons. The van der Waals surface area contributed by atoms with Crippen molar-refractivity contribution in [1.29, 1.82) is 0 Å². The molecule has 1 aromatic carbocycles. The largest absolute Gasteiger partial charge is 0.367 e. The molecule has 0 spiro atoms. The van der Waals surface area contributed by atoms with Gasteiger partial charge in [0.05, 0.1) is 6.61 Å². The fourth-order valence-corrected chi connectivity index (χ4v) is 1.54. The van der Waals surface area contributed by atoms with E-state index in [2.05, 4.69) is 21.2 Å². The molecule has 0 aliphatic heterocycles. The molecule has 0 heterocycles. The summed E-state index contributed by atoms with van der Waals surface area (Å²) < 4.78 is 18.7. The number of carbonyl (C=O) groups is 1. The maximum Gasteiger partial charge on any atom is 0.245 e. The molecule has 0 fully saturated rings. The normalized spacial score (nSPS) is 10.1. The second kappa shape index (κ2) is 5.82. The summed E-state index contributed by atoms with van der Waals surface area (Å²) >= 11 is 3.17. The van der Waals surface area contributed by atoms with Gasteiger partial charge in [0, 0.05) is 11.5 Å². The lowest BCUT2D eigenvalue weighted by Gasteiger charge is -2.04. The molecule has 0 atom stereocenters. The molecule has 1 N–H and O–H groups in total. The first-order valence-electron chi connectivity index (χ1n) is 4.35. The van der Waals surface area contributed by atoms with E-state index in [0.29, 0.717) is 10.0 Å². The van der Waals surface area contributed by atoms with Gasteiger partial charge < -0.3 is 10.1 Å². The highest BCUT2D eigenvalue weighted by Crippen LogP contribution is 2.15. The minimum Gasteiger partial charge on any atom is -0.367 e. The maximum atomic E-state index is 12.9. The first kappa shape index (κ1) is 12.1. The van der Waals surface area contributed by atoms with Crippen molar-refractivity contribution in [2.75, 3.05) is 13.7 Å². The number of hydrogen-bond donors (Lipinski definition) is 1. The molecule has 0 unspecified atom stereocenters. The Labute approximate surface area is 95.7 Å². The average molecular weight is 276 g/mol. The predicted octanol–water partition coefficient (Wildman–Crippen LogP) is 1.85. The summed E-state index contributed by atoms with van der Waals surface area (Å²) in [6.45, 7) is 0.189. The van der Waals surface area contributed by atoms with Crippen molar-refractivity contribution < 1.29 is 13.9 Å². The van der Waals surface area contributed by atoms with E-state index in [9.17, 15) is 9.18 Å². The number of hydrogen-bond acceptors (Lipinski definition) is 2. The van der Waals surface area contributed by atoms with Crippen molar-refractivity contribution in [3.63, 3.8) is 0 Å². The van der Waals surface area contributed by atoms with E-state index in [1.807, 2.05) is 0 Å². The SMILES string of the molecule is CNC(=O)COCc1cc(F)cc(Br)c1. The summed E-state index contributed by atoms with van der Waals surface area (Å²) in [5.41, 5.74) is 0.686. The van der Waals surface area contributed by atoms with Gasteiger partial charge in [-0.25, -0.2) is 4.39 Å². The van der Waals surface area contributed by atoms with Gasteiger partial charge in [0.2, 0.25) is 5.91 Å². The van der Waals surface area contributed by atoms with Crippen molar-refractivity contribution >= 4 is 21.8 Å². The third-order valence-corrected chi connectivity index (χ3v) is 2.16. The molecule has 0 aliphatic carbocycles. The van der Waals surface area contributed by atoms with Gasteiger partial charge >= 0.3 is 0 Å². The standard InChI is InChI=1S/C10H11BrFNO2/c1-13-10(14)6-15-5-7-2-8(11)4-9(12)3-7/h2-4H,5-6H2,1H3,(H,13,14). The molecule has 0 aliphatic rings. The van der Waals surface area contributed by atoms with Crippen LogP contribution in [0.3, 0.4) is 0 Å². The molecule has 15 heavy (non-hydrogen) atoms. The van der Waals surface area contributed by atoms with Crippen LogP contribution in [0.5, 0.6) is 0 Å². The van der Waals surface area contributed by atoms with Crippen LogP contribution >= 0.6 is 15.9 Å². The Hall–Kier alpha value is -0.940. The average Bonchev–Trinajstić information content (AvgIpc) is 2.16. The lowest BCUT2D eigenvalue weighted by molar-refractivity contribution is -0.125. The lowest BCUT2D eigenvalue weighted by Crippen LogP contribution is -2.23. The van der Waals surface area contributed by atoms with Crippen molar-refractivity contribution in [2.45, 2.75) is 6.61 Å². The summed E-state index contributed by atoms with van der Waals surface area (Å²) in [6, 6.07) is 4.48. The molecular formula is C10H11BrFNO2. The third kappa shape index (κ3) is 4.40. The number of nitrogens with one attached hydrogen (secondary N) is 1.